The molecular formula is C13H15N3O2. The van der Waals surface area contributed by atoms with E-state index in [9.17, 15) is 9.90 Å². The second-order valence-corrected chi connectivity index (χ2v) is 4.15. The summed E-state index contributed by atoms with van der Waals surface area (Å²) in [5, 5.41) is 16.2. The van der Waals surface area contributed by atoms with Gasteiger partial charge in [0.15, 0.2) is 0 Å². The van der Waals surface area contributed by atoms with E-state index in [1.165, 1.54) is 0 Å². The second-order valence-electron chi connectivity index (χ2n) is 4.15. The van der Waals surface area contributed by atoms with Crippen LogP contribution in [0.4, 0.5) is 0 Å². The Labute approximate surface area is 105 Å². The van der Waals surface area contributed by atoms with E-state index >= 15 is 0 Å². The number of rotatable bonds is 3. The number of phenols is 1. The molecule has 5 heteroatoms. The van der Waals surface area contributed by atoms with Crippen LogP contribution in [0.15, 0.2) is 30.3 Å². The first-order valence-electron chi connectivity index (χ1n) is 5.63. The predicted octanol–water partition coefficient (Wildman–Crippen LogP) is 1.36. The van der Waals surface area contributed by atoms with Gasteiger partial charge in [0.25, 0.3) is 5.91 Å². The molecule has 2 aromatic rings. The standard InChI is InChI=1S/C13H15N3O2/c1-9-6-12(15-16(9)2)13(18)14-8-10-4-3-5-11(17)7-10/h3-7,17H,8H2,1-2H3,(H,14,18). The van der Waals surface area contributed by atoms with Gasteiger partial charge in [-0.15, -0.1) is 0 Å². The normalized spacial score (nSPS) is 10.3. The van der Waals surface area contributed by atoms with Crippen molar-refractivity contribution in [1.82, 2.24) is 15.1 Å². The van der Waals surface area contributed by atoms with Crippen LogP contribution in [0, 0.1) is 6.92 Å². The summed E-state index contributed by atoms with van der Waals surface area (Å²) in [4.78, 5) is 11.8. The topological polar surface area (TPSA) is 67.2 Å². The summed E-state index contributed by atoms with van der Waals surface area (Å²) in [6, 6.07) is 8.51. The largest absolute Gasteiger partial charge is 0.508 e. The molecule has 0 spiro atoms. The van der Waals surface area contributed by atoms with E-state index < -0.39 is 0 Å². The van der Waals surface area contributed by atoms with Gasteiger partial charge in [0, 0.05) is 19.3 Å². The molecule has 0 saturated carbocycles. The highest BCUT2D eigenvalue weighted by atomic mass is 16.3. The molecular weight excluding hydrogens is 230 g/mol. The lowest BCUT2D eigenvalue weighted by Gasteiger charge is -2.03. The highest BCUT2D eigenvalue weighted by Crippen LogP contribution is 2.10. The zero-order valence-electron chi connectivity index (χ0n) is 10.3. The second kappa shape index (κ2) is 4.91. The Balaban J connectivity index is 2.00. The first-order chi connectivity index (χ1) is 8.56. The summed E-state index contributed by atoms with van der Waals surface area (Å²) in [5.41, 5.74) is 2.17. The number of amides is 1. The number of nitrogens with one attached hydrogen (secondary N) is 1. The third-order valence-corrected chi connectivity index (χ3v) is 2.71. The van der Waals surface area contributed by atoms with Gasteiger partial charge in [-0.05, 0) is 30.7 Å². The summed E-state index contributed by atoms with van der Waals surface area (Å²) < 4.78 is 1.66. The van der Waals surface area contributed by atoms with Gasteiger partial charge in [-0.1, -0.05) is 12.1 Å². The number of benzene rings is 1. The molecule has 0 atom stereocenters. The van der Waals surface area contributed by atoms with Crippen molar-refractivity contribution in [3.8, 4) is 5.75 Å². The molecule has 0 saturated heterocycles. The molecule has 94 valence electrons. The molecule has 2 N–H and O–H groups in total. The van der Waals surface area contributed by atoms with Gasteiger partial charge in [-0.2, -0.15) is 5.10 Å². The number of aryl methyl sites for hydroxylation is 2. The SMILES string of the molecule is Cc1cc(C(=O)NCc2cccc(O)c2)nn1C. The summed E-state index contributed by atoms with van der Waals surface area (Å²) >= 11 is 0. The first kappa shape index (κ1) is 12.2. The third kappa shape index (κ3) is 2.68. The van der Waals surface area contributed by atoms with E-state index in [0.29, 0.717) is 12.2 Å². The van der Waals surface area contributed by atoms with Gasteiger partial charge >= 0.3 is 0 Å². The monoisotopic (exact) mass is 245 g/mol. The Bertz CT molecular complexity index is 556. The zero-order chi connectivity index (χ0) is 13.1. The van der Waals surface area contributed by atoms with Crippen molar-refractivity contribution in [2.24, 2.45) is 7.05 Å². The van der Waals surface area contributed by atoms with Crippen molar-refractivity contribution in [3.63, 3.8) is 0 Å². The number of aromatic hydroxyl groups is 1. The van der Waals surface area contributed by atoms with Crippen LogP contribution < -0.4 is 5.32 Å². The lowest BCUT2D eigenvalue weighted by Crippen LogP contribution is -2.23. The number of carbonyl (C=O) groups excluding carboxylic acids is 1. The van der Waals surface area contributed by atoms with Gasteiger partial charge in [-0.3, -0.25) is 9.48 Å². The molecule has 1 heterocycles. The molecule has 1 aromatic heterocycles. The minimum absolute atomic E-state index is 0.190. The lowest BCUT2D eigenvalue weighted by atomic mass is 10.2. The third-order valence-electron chi connectivity index (χ3n) is 2.71. The van der Waals surface area contributed by atoms with Crippen LogP contribution in [0.5, 0.6) is 5.75 Å². The minimum atomic E-state index is -0.220. The van der Waals surface area contributed by atoms with Crippen molar-refractivity contribution in [1.29, 1.82) is 0 Å². The van der Waals surface area contributed by atoms with Crippen molar-refractivity contribution >= 4 is 5.91 Å². The summed E-state index contributed by atoms with van der Waals surface area (Å²) in [6.07, 6.45) is 0. The van der Waals surface area contributed by atoms with Crippen LogP contribution >= 0.6 is 0 Å². The van der Waals surface area contributed by atoms with E-state index in [4.69, 9.17) is 0 Å². The van der Waals surface area contributed by atoms with Crippen LogP contribution in [0.2, 0.25) is 0 Å². The number of carbonyl (C=O) groups is 1. The van der Waals surface area contributed by atoms with Crippen LogP contribution in [-0.4, -0.2) is 20.8 Å². The van der Waals surface area contributed by atoms with Crippen LogP contribution in [-0.2, 0) is 13.6 Å². The molecule has 0 unspecified atom stereocenters. The summed E-state index contributed by atoms with van der Waals surface area (Å²) in [5.74, 6) is -0.0301. The van der Waals surface area contributed by atoms with Crippen molar-refractivity contribution in [2.45, 2.75) is 13.5 Å². The zero-order valence-corrected chi connectivity index (χ0v) is 10.3. The Morgan fingerprint density at radius 1 is 1.44 bits per heavy atom. The molecule has 0 aliphatic heterocycles. The fraction of sp³-hybridized carbons (Fsp3) is 0.231. The number of hydrogen-bond acceptors (Lipinski definition) is 3. The molecule has 18 heavy (non-hydrogen) atoms. The Morgan fingerprint density at radius 3 is 2.83 bits per heavy atom. The van der Waals surface area contributed by atoms with Crippen molar-refractivity contribution in [3.05, 3.63) is 47.3 Å². The summed E-state index contributed by atoms with van der Waals surface area (Å²) in [7, 11) is 1.79. The van der Waals surface area contributed by atoms with Crippen LogP contribution in [0.1, 0.15) is 21.7 Å². The van der Waals surface area contributed by atoms with Gasteiger partial charge in [-0.25, -0.2) is 0 Å². The quantitative estimate of drug-likeness (QED) is 0.858. The van der Waals surface area contributed by atoms with Crippen molar-refractivity contribution in [2.75, 3.05) is 0 Å². The maximum absolute atomic E-state index is 11.8. The average molecular weight is 245 g/mol. The number of hydrogen-bond donors (Lipinski definition) is 2. The smallest absolute Gasteiger partial charge is 0.272 e. The van der Waals surface area contributed by atoms with Crippen molar-refractivity contribution < 1.29 is 9.90 Å². The van der Waals surface area contributed by atoms with Gasteiger partial charge in [0.05, 0.1) is 0 Å². The number of nitrogens with zero attached hydrogens (tertiary/aromatic N) is 2. The molecule has 2 rings (SSSR count). The molecule has 1 aromatic carbocycles. The fourth-order valence-corrected chi connectivity index (χ4v) is 1.61. The molecule has 1 amide bonds. The number of aromatic nitrogens is 2. The molecule has 0 radical (unpaired) electrons. The highest BCUT2D eigenvalue weighted by Gasteiger charge is 2.10. The molecule has 0 fully saturated rings. The summed E-state index contributed by atoms with van der Waals surface area (Å²) in [6.45, 7) is 2.25. The Kier molecular flexibility index (Phi) is 3.32. The van der Waals surface area contributed by atoms with Crippen LogP contribution in [0.25, 0.3) is 0 Å². The highest BCUT2D eigenvalue weighted by molar-refractivity contribution is 5.92. The van der Waals surface area contributed by atoms with Gasteiger partial charge in [0.2, 0.25) is 0 Å². The van der Waals surface area contributed by atoms with E-state index in [1.54, 1.807) is 36.0 Å². The lowest BCUT2D eigenvalue weighted by molar-refractivity contribution is 0.0945. The van der Waals surface area contributed by atoms with E-state index in [-0.39, 0.29) is 11.7 Å². The first-order valence-corrected chi connectivity index (χ1v) is 5.63. The predicted molar refractivity (Wildman–Crippen MR) is 67.2 cm³/mol. The Morgan fingerprint density at radius 2 is 2.22 bits per heavy atom. The molecule has 5 nitrogen and oxygen atoms in total. The maximum atomic E-state index is 11.8. The number of phenolic OH excluding ortho intramolecular Hbond substituents is 1. The molecule has 0 bridgehead atoms. The van der Waals surface area contributed by atoms with Gasteiger partial charge in [0.1, 0.15) is 11.4 Å². The average Bonchev–Trinajstić information content (AvgIpc) is 2.67. The van der Waals surface area contributed by atoms with E-state index in [0.717, 1.165) is 11.3 Å². The molecule has 0 aliphatic rings. The molecule has 0 aliphatic carbocycles. The fourth-order valence-electron chi connectivity index (χ4n) is 1.61. The van der Waals surface area contributed by atoms with Crippen LogP contribution in [0.3, 0.4) is 0 Å². The van der Waals surface area contributed by atoms with Gasteiger partial charge < -0.3 is 10.4 Å². The Hall–Kier alpha value is -2.30. The van der Waals surface area contributed by atoms with E-state index in [1.807, 2.05) is 13.0 Å². The van der Waals surface area contributed by atoms with E-state index in [2.05, 4.69) is 10.4 Å². The maximum Gasteiger partial charge on any atom is 0.272 e. The minimum Gasteiger partial charge on any atom is -0.508 e.